The van der Waals surface area contributed by atoms with Crippen LogP contribution < -0.4 is 0 Å². The average Bonchev–Trinajstić information content (AvgIpc) is 2.13. The molecule has 0 amide bonds. The molecule has 0 aromatic rings. The first-order chi connectivity index (χ1) is 6.61. The second-order valence-electron chi connectivity index (χ2n) is 4.90. The largest absolute Gasteiger partial charge is 0.247 e. The van der Waals surface area contributed by atoms with E-state index in [0.717, 1.165) is 0 Å². The van der Waals surface area contributed by atoms with E-state index in [9.17, 15) is 17.6 Å². The number of rotatable bonds is 0. The Morgan fingerprint density at radius 2 is 0.714 bits per heavy atom. The minimum Gasteiger partial charge on any atom is -0.247 e. The highest BCUT2D eigenvalue weighted by Gasteiger charge is 2.63. The summed E-state index contributed by atoms with van der Waals surface area (Å²) in [6.07, 6.45) is -5.45. The van der Waals surface area contributed by atoms with Crippen molar-refractivity contribution in [2.24, 2.45) is 23.7 Å². The average molecular weight is 208 g/mol. The van der Waals surface area contributed by atoms with Crippen molar-refractivity contribution in [1.82, 2.24) is 0 Å². The van der Waals surface area contributed by atoms with E-state index in [2.05, 4.69) is 0 Å². The van der Waals surface area contributed by atoms with Gasteiger partial charge in [0.25, 0.3) is 0 Å². The Kier molecular flexibility index (Phi) is 1.69. The molecule has 4 rings (SSSR count). The summed E-state index contributed by atoms with van der Waals surface area (Å²) in [5, 5.41) is 0. The molecule has 0 aromatic heterocycles. The smallest absolute Gasteiger partial charge is 0.111 e. The molecule has 0 atom stereocenters. The van der Waals surface area contributed by atoms with Gasteiger partial charge in [-0.15, -0.1) is 0 Å². The maximum absolute atomic E-state index is 13.5. The summed E-state index contributed by atoms with van der Waals surface area (Å²) in [4.78, 5) is 0. The Labute approximate surface area is 79.7 Å². The van der Waals surface area contributed by atoms with Crippen molar-refractivity contribution in [3.05, 3.63) is 0 Å². The minimum atomic E-state index is -1.39. The predicted molar refractivity (Wildman–Crippen MR) is 42.8 cm³/mol. The lowest BCUT2D eigenvalue weighted by Crippen LogP contribution is -2.63. The first-order valence-corrected chi connectivity index (χ1v) is 5.17. The van der Waals surface area contributed by atoms with Gasteiger partial charge in [-0.2, -0.15) is 0 Å². The van der Waals surface area contributed by atoms with E-state index in [4.69, 9.17) is 0 Å². The summed E-state index contributed by atoms with van der Waals surface area (Å²) in [6, 6.07) is 0. The highest BCUT2D eigenvalue weighted by Crippen LogP contribution is 2.57. The zero-order chi connectivity index (χ0) is 10.0. The van der Waals surface area contributed by atoms with Crippen LogP contribution >= 0.6 is 0 Å². The minimum absolute atomic E-state index is 0.0532. The maximum atomic E-state index is 13.5. The topological polar surface area (TPSA) is 0 Å². The lowest BCUT2D eigenvalue weighted by molar-refractivity contribution is -0.181. The van der Waals surface area contributed by atoms with Gasteiger partial charge in [-0.1, -0.05) is 0 Å². The fourth-order valence-corrected chi connectivity index (χ4v) is 3.64. The zero-order valence-electron chi connectivity index (χ0n) is 7.54. The lowest BCUT2D eigenvalue weighted by atomic mass is 9.53. The van der Waals surface area contributed by atoms with Crippen molar-refractivity contribution >= 4 is 0 Å². The highest BCUT2D eigenvalue weighted by atomic mass is 19.2. The van der Waals surface area contributed by atoms with E-state index in [1.807, 2.05) is 0 Å². The summed E-state index contributed by atoms with van der Waals surface area (Å²) >= 11 is 0. The van der Waals surface area contributed by atoms with Crippen LogP contribution in [0, 0.1) is 23.7 Å². The summed E-state index contributed by atoms with van der Waals surface area (Å²) in [7, 11) is 0. The van der Waals surface area contributed by atoms with Crippen molar-refractivity contribution in [3.63, 3.8) is 0 Å². The first-order valence-electron chi connectivity index (χ1n) is 5.17. The molecule has 0 N–H and O–H groups in total. The summed E-state index contributed by atoms with van der Waals surface area (Å²) in [6.45, 7) is 0. The molecular weight excluding hydrogens is 196 g/mol. The molecule has 0 saturated heterocycles. The molecule has 4 fully saturated rings. The Morgan fingerprint density at radius 3 is 0.929 bits per heavy atom. The molecule has 0 radical (unpaired) electrons. The van der Waals surface area contributed by atoms with Crippen LogP contribution in [0.15, 0.2) is 0 Å². The van der Waals surface area contributed by atoms with Gasteiger partial charge in [0.05, 0.1) is 0 Å². The SMILES string of the molecule is FC1C2CC3C(F)C1CC(C2F)C3F. The zero-order valence-corrected chi connectivity index (χ0v) is 7.54. The van der Waals surface area contributed by atoms with Crippen molar-refractivity contribution in [2.75, 3.05) is 0 Å². The third-order valence-corrected chi connectivity index (χ3v) is 4.36. The van der Waals surface area contributed by atoms with Crippen molar-refractivity contribution in [1.29, 1.82) is 0 Å². The molecule has 14 heavy (non-hydrogen) atoms. The van der Waals surface area contributed by atoms with Crippen LogP contribution in [0.4, 0.5) is 17.6 Å². The van der Waals surface area contributed by atoms with Gasteiger partial charge in [-0.05, 0) is 12.8 Å². The van der Waals surface area contributed by atoms with E-state index in [0.29, 0.717) is 0 Å². The molecule has 0 heterocycles. The lowest BCUT2D eigenvalue weighted by Gasteiger charge is -2.56. The Morgan fingerprint density at radius 1 is 0.500 bits per heavy atom. The van der Waals surface area contributed by atoms with Crippen LogP contribution in [0.2, 0.25) is 0 Å². The highest BCUT2D eigenvalue weighted by molar-refractivity contribution is 5.10. The molecule has 4 bridgehead atoms. The number of halogens is 4. The van der Waals surface area contributed by atoms with Gasteiger partial charge >= 0.3 is 0 Å². The molecule has 0 aliphatic heterocycles. The molecule has 0 unspecified atom stereocenters. The van der Waals surface area contributed by atoms with Gasteiger partial charge < -0.3 is 0 Å². The number of hydrogen-bond acceptors (Lipinski definition) is 0. The van der Waals surface area contributed by atoms with E-state index in [1.54, 1.807) is 0 Å². The van der Waals surface area contributed by atoms with Crippen LogP contribution in [0.3, 0.4) is 0 Å². The van der Waals surface area contributed by atoms with Gasteiger partial charge in [0.2, 0.25) is 0 Å². The number of alkyl halides is 4. The maximum Gasteiger partial charge on any atom is 0.111 e. The Hall–Kier alpha value is -0.280. The predicted octanol–water partition coefficient (Wildman–Crippen LogP) is 2.62. The molecule has 0 aromatic carbocycles. The van der Waals surface area contributed by atoms with Crippen LogP contribution in [-0.4, -0.2) is 24.7 Å². The van der Waals surface area contributed by atoms with Crippen LogP contribution in [0.5, 0.6) is 0 Å². The molecule has 80 valence electrons. The Balaban J connectivity index is 1.98. The van der Waals surface area contributed by atoms with Crippen molar-refractivity contribution in [3.8, 4) is 0 Å². The summed E-state index contributed by atoms with van der Waals surface area (Å²) in [5.74, 6) is -2.93. The molecular formula is C10H12F4. The molecule has 4 aliphatic rings. The van der Waals surface area contributed by atoms with E-state index in [1.165, 1.54) is 0 Å². The quantitative estimate of drug-likeness (QED) is 0.537. The second kappa shape index (κ2) is 2.64. The summed E-state index contributed by atoms with van der Waals surface area (Å²) in [5.41, 5.74) is 0. The number of hydrogen-bond donors (Lipinski definition) is 0. The van der Waals surface area contributed by atoms with Crippen LogP contribution in [0.25, 0.3) is 0 Å². The van der Waals surface area contributed by atoms with Gasteiger partial charge in [0.1, 0.15) is 24.7 Å². The normalized spacial score (nSPS) is 66.0. The van der Waals surface area contributed by atoms with Crippen LogP contribution in [0.1, 0.15) is 12.8 Å². The van der Waals surface area contributed by atoms with E-state index < -0.39 is 48.4 Å². The molecule has 0 nitrogen and oxygen atoms in total. The van der Waals surface area contributed by atoms with E-state index in [-0.39, 0.29) is 12.8 Å². The van der Waals surface area contributed by atoms with Crippen LogP contribution in [-0.2, 0) is 0 Å². The molecule has 4 heteroatoms. The Bertz CT molecular complexity index is 191. The van der Waals surface area contributed by atoms with Gasteiger partial charge in [-0.25, -0.2) is 17.6 Å². The first kappa shape index (κ1) is 8.98. The summed E-state index contributed by atoms with van der Waals surface area (Å²) < 4.78 is 54.0. The fourth-order valence-electron chi connectivity index (χ4n) is 3.64. The second-order valence-corrected chi connectivity index (χ2v) is 4.90. The third-order valence-electron chi connectivity index (χ3n) is 4.36. The molecule has 4 aliphatic carbocycles. The monoisotopic (exact) mass is 208 g/mol. The third kappa shape index (κ3) is 0.854. The van der Waals surface area contributed by atoms with E-state index >= 15 is 0 Å². The van der Waals surface area contributed by atoms with Crippen molar-refractivity contribution < 1.29 is 17.6 Å². The standard InChI is InChI=1S/C10H12F4/c11-7-3-1-4-9(13)5(7)2-6(8(3)12)10(4)14/h3-10H,1-2H2. The molecule has 0 spiro atoms. The van der Waals surface area contributed by atoms with Gasteiger partial charge in [-0.3, -0.25) is 0 Å². The van der Waals surface area contributed by atoms with Crippen molar-refractivity contribution in [2.45, 2.75) is 37.5 Å². The van der Waals surface area contributed by atoms with Gasteiger partial charge in [0.15, 0.2) is 0 Å². The fraction of sp³-hybridized carbons (Fsp3) is 1.00. The molecule has 4 saturated carbocycles. The van der Waals surface area contributed by atoms with Gasteiger partial charge in [0, 0.05) is 23.7 Å².